The van der Waals surface area contributed by atoms with Gasteiger partial charge in [-0.25, -0.2) is 0 Å². The third-order valence-electron chi connectivity index (χ3n) is 1.76. The molecule has 0 heterocycles. The van der Waals surface area contributed by atoms with E-state index < -0.39 is 34.0 Å². The van der Waals surface area contributed by atoms with Crippen LogP contribution in [0.3, 0.4) is 0 Å². The minimum atomic E-state index is -4.75. The van der Waals surface area contributed by atoms with E-state index in [2.05, 4.69) is 0 Å². The Morgan fingerprint density at radius 1 is 1.33 bits per heavy atom. The van der Waals surface area contributed by atoms with Crippen LogP contribution >= 0.6 is 0 Å². The quantitative estimate of drug-likeness (QED) is 0.506. The predicted molar refractivity (Wildman–Crippen MR) is 32.5 cm³/mol. The number of rotatable bonds is 2. The van der Waals surface area contributed by atoms with Crippen LogP contribution in [-0.2, 0) is 10.2 Å². The molecule has 0 N–H and O–H groups in total. The second-order valence-corrected chi connectivity index (χ2v) is 4.26. The van der Waals surface area contributed by atoms with E-state index in [1.54, 1.807) is 0 Å². The lowest BCUT2D eigenvalue weighted by atomic mass is 10.3. The molecule has 1 fully saturated rings. The summed E-state index contributed by atoms with van der Waals surface area (Å²) in [5.41, 5.74) is 0. The van der Waals surface area contributed by atoms with Crippen LogP contribution in [0.15, 0.2) is 0 Å². The summed E-state index contributed by atoms with van der Waals surface area (Å²) in [7, 11) is -4.75. The third-order valence-corrected chi connectivity index (χ3v) is 2.58. The minimum Gasteiger partial charge on any atom is -0.195 e. The van der Waals surface area contributed by atoms with Gasteiger partial charge in [0.25, 0.3) is 0 Å². The van der Waals surface area contributed by atoms with Gasteiger partial charge in [-0.3, -0.25) is 0 Å². The van der Waals surface area contributed by atoms with Gasteiger partial charge in [-0.05, 0) is 12.3 Å². The fourth-order valence-corrected chi connectivity index (χ4v) is 1.97. The SMILES string of the molecule is O=S(=O)(F)C[C@@H]1C[C@H]1C(F)(F)F. The van der Waals surface area contributed by atoms with Crippen molar-refractivity contribution >= 4 is 10.2 Å². The Morgan fingerprint density at radius 3 is 2.08 bits per heavy atom. The van der Waals surface area contributed by atoms with Crippen LogP contribution in [0, 0.1) is 11.8 Å². The zero-order chi connectivity index (χ0) is 9.57. The van der Waals surface area contributed by atoms with Gasteiger partial charge in [-0.15, -0.1) is 3.89 Å². The highest BCUT2D eigenvalue weighted by Crippen LogP contribution is 2.50. The van der Waals surface area contributed by atoms with Crippen molar-refractivity contribution in [1.82, 2.24) is 0 Å². The van der Waals surface area contributed by atoms with Crippen LogP contribution in [0.25, 0.3) is 0 Å². The number of hydrogen-bond donors (Lipinski definition) is 0. The first kappa shape index (κ1) is 9.76. The topological polar surface area (TPSA) is 34.1 Å². The molecule has 7 heteroatoms. The van der Waals surface area contributed by atoms with Gasteiger partial charge in [0.2, 0.25) is 0 Å². The molecular formula is C5H6F4O2S. The molecule has 0 bridgehead atoms. The van der Waals surface area contributed by atoms with Crippen molar-refractivity contribution in [2.45, 2.75) is 12.6 Å². The molecule has 0 aliphatic heterocycles. The van der Waals surface area contributed by atoms with E-state index in [1.165, 1.54) is 0 Å². The average molecular weight is 206 g/mol. The molecule has 12 heavy (non-hydrogen) atoms. The van der Waals surface area contributed by atoms with E-state index in [0.717, 1.165) is 0 Å². The predicted octanol–water partition coefficient (Wildman–Crippen LogP) is 1.48. The third kappa shape index (κ3) is 2.62. The zero-order valence-corrected chi connectivity index (χ0v) is 6.62. The van der Waals surface area contributed by atoms with Crippen molar-refractivity contribution in [3.05, 3.63) is 0 Å². The Morgan fingerprint density at radius 2 is 1.83 bits per heavy atom. The second kappa shape index (κ2) is 2.58. The normalized spacial score (nSPS) is 30.3. The summed E-state index contributed by atoms with van der Waals surface area (Å²) in [6.45, 7) is 0. The average Bonchev–Trinajstić information content (AvgIpc) is 2.37. The molecular weight excluding hydrogens is 200 g/mol. The van der Waals surface area contributed by atoms with Crippen molar-refractivity contribution in [3.8, 4) is 0 Å². The molecule has 1 rings (SSSR count). The molecule has 0 aromatic carbocycles. The summed E-state index contributed by atoms with van der Waals surface area (Å²) < 4.78 is 66.9. The summed E-state index contributed by atoms with van der Waals surface area (Å²) in [4.78, 5) is 0. The fourth-order valence-electron chi connectivity index (χ4n) is 1.09. The van der Waals surface area contributed by atoms with Crippen molar-refractivity contribution in [2.75, 3.05) is 5.75 Å². The molecule has 0 amide bonds. The van der Waals surface area contributed by atoms with E-state index in [1.807, 2.05) is 0 Å². The Labute approximate surface area is 66.8 Å². The summed E-state index contributed by atoms with van der Waals surface area (Å²) >= 11 is 0. The Kier molecular flexibility index (Phi) is 2.10. The number of hydrogen-bond acceptors (Lipinski definition) is 2. The largest absolute Gasteiger partial charge is 0.392 e. The molecule has 1 aliphatic carbocycles. The van der Waals surface area contributed by atoms with Crippen LogP contribution in [0.2, 0.25) is 0 Å². The molecule has 0 unspecified atom stereocenters. The highest BCUT2D eigenvalue weighted by Gasteiger charge is 2.56. The maximum atomic E-state index is 11.8. The fraction of sp³-hybridized carbons (Fsp3) is 1.00. The van der Waals surface area contributed by atoms with Gasteiger partial charge in [0.1, 0.15) is 0 Å². The lowest BCUT2D eigenvalue weighted by Gasteiger charge is -2.02. The van der Waals surface area contributed by atoms with Gasteiger partial charge in [0.05, 0.1) is 11.7 Å². The summed E-state index contributed by atoms with van der Waals surface area (Å²) in [5.74, 6) is -3.69. The van der Waals surface area contributed by atoms with E-state index in [4.69, 9.17) is 0 Å². The molecule has 0 radical (unpaired) electrons. The molecule has 0 aromatic rings. The Balaban J connectivity index is 2.45. The van der Waals surface area contributed by atoms with Crippen molar-refractivity contribution in [2.24, 2.45) is 11.8 Å². The van der Waals surface area contributed by atoms with Crippen LogP contribution in [0.4, 0.5) is 17.1 Å². The van der Waals surface area contributed by atoms with Crippen molar-refractivity contribution in [1.29, 1.82) is 0 Å². The van der Waals surface area contributed by atoms with Gasteiger partial charge in [0.15, 0.2) is 0 Å². The highest BCUT2D eigenvalue weighted by atomic mass is 32.3. The molecule has 1 saturated carbocycles. The van der Waals surface area contributed by atoms with Crippen LogP contribution in [0.5, 0.6) is 0 Å². The zero-order valence-electron chi connectivity index (χ0n) is 5.81. The Hall–Kier alpha value is -0.330. The first-order valence-electron chi connectivity index (χ1n) is 3.19. The summed E-state index contributed by atoms with van der Waals surface area (Å²) in [6, 6.07) is 0. The van der Waals surface area contributed by atoms with Gasteiger partial charge in [-0.2, -0.15) is 21.6 Å². The molecule has 2 atom stereocenters. The maximum Gasteiger partial charge on any atom is 0.392 e. The summed E-state index contributed by atoms with van der Waals surface area (Å²) in [5, 5.41) is 0. The molecule has 0 saturated heterocycles. The monoisotopic (exact) mass is 206 g/mol. The Bertz CT molecular complexity index is 268. The lowest BCUT2D eigenvalue weighted by Crippen LogP contribution is -2.14. The summed E-state index contributed by atoms with van der Waals surface area (Å²) in [6.07, 6.45) is -4.65. The first-order chi connectivity index (χ1) is 5.20. The van der Waals surface area contributed by atoms with Crippen LogP contribution in [-0.4, -0.2) is 20.3 Å². The van der Waals surface area contributed by atoms with Crippen molar-refractivity contribution < 1.29 is 25.5 Å². The smallest absolute Gasteiger partial charge is 0.195 e. The van der Waals surface area contributed by atoms with Crippen LogP contribution < -0.4 is 0 Å². The molecule has 1 aliphatic rings. The van der Waals surface area contributed by atoms with Gasteiger partial charge in [0, 0.05) is 0 Å². The molecule has 72 valence electrons. The molecule has 0 aromatic heterocycles. The maximum absolute atomic E-state index is 11.8. The van der Waals surface area contributed by atoms with Gasteiger partial charge >= 0.3 is 16.4 Å². The van der Waals surface area contributed by atoms with E-state index in [0.29, 0.717) is 0 Å². The first-order valence-corrected chi connectivity index (χ1v) is 4.74. The van der Waals surface area contributed by atoms with Gasteiger partial charge < -0.3 is 0 Å². The van der Waals surface area contributed by atoms with Gasteiger partial charge in [-0.1, -0.05) is 0 Å². The van der Waals surface area contributed by atoms with Crippen molar-refractivity contribution in [3.63, 3.8) is 0 Å². The highest BCUT2D eigenvalue weighted by molar-refractivity contribution is 7.86. The van der Waals surface area contributed by atoms with E-state index in [-0.39, 0.29) is 6.42 Å². The standard InChI is InChI=1S/C5H6F4O2S/c6-5(7,8)4-1-3(4)2-12(9,10)11/h3-4H,1-2H2/t3-,4+/m0/s1. The number of halogens is 4. The molecule has 2 nitrogen and oxygen atoms in total. The number of alkyl halides is 3. The van der Waals surface area contributed by atoms with E-state index in [9.17, 15) is 25.5 Å². The minimum absolute atomic E-state index is 0.271. The lowest BCUT2D eigenvalue weighted by molar-refractivity contribution is -0.150. The second-order valence-electron chi connectivity index (χ2n) is 2.85. The molecule has 0 spiro atoms. The van der Waals surface area contributed by atoms with Crippen LogP contribution in [0.1, 0.15) is 6.42 Å². The van der Waals surface area contributed by atoms with E-state index >= 15 is 0 Å².